The second-order valence-corrected chi connectivity index (χ2v) is 10.1. The van der Waals surface area contributed by atoms with Crippen LogP contribution in [0.1, 0.15) is 41.4 Å². The van der Waals surface area contributed by atoms with Gasteiger partial charge in [0.05, 0.1) is 22.2 Å². The predicted octanol–water partition coefficient (Wildman–Crippen LogP) is 3.86. The lowest BCUT2D eigenvalue weighted by Gasteiger charge is -2.24. The van der Waals surface area contributed by atoms with Crippen molar-refractivity contribution >= 4 is 27.6 Å². The van der Waals surface area contributed by atoms with Gasteiger partial charge in [-0.3, -0.25) is 9.10 Å². The van der Waals surface area contributed by atoms with Gasteiger partial charge in [0, 0.05) is 6.04 Å². The lowest BCUT2D eigenvalue weighted by atomic mass is 10.1. The minimum Gasteiger partial charge on any atom is -0.452 e. The maximum Gasteiger partial charge on any atom is 0.338 e. The van der Waals surface area contributed by atoms with Gasteiger partial charge in [0.25, 0.3) is 15.9 Å². The summed E-state index contributed by atoms with van der Waals surface area (Å²) in [6.07, 6.45) is 0.619. The van der Waals surface area contributed by atoms with Crippen molar-refractivity contribution in [3.8, 4) is 0 Å². The van der Waals surface area contributed by atoms with E-state index in [1.54, 1.807) is 12.1 Å². The summed E-state index contributed by atoms with van der Waals surface area (Å²) in [5.74, 6) is -1.22. The van der Waals surface area contributed by atoms with Crippen LogP contribution in [0.2, 0.25) is 0 Å². The first-order valence-electron chi connectivity index (χ1n) is 11.0. The lowest BCUT2D eigenvalue weighted by molar-refractivity contribution is -0.124. The Morgan fingerprint density at radius 2 is 1.74 bits per heavy atom. The molecule has 0 unspecified atom stereocenters. The summed E-state index contributed by atoms with van der Waals surface area (Å²) in [6, 6.07) is 22.0. The number of rotatable bonds is 7. The van der Waals surface area contributed by atoms with E-state index in [0.717, 1.165) is 11.1 Å². The Morgan fingerprint density at radius 1 is 1.03 bits per heavy atom. The number of benzene rings is 3. The molecule has 7 nitrogen and oxygen atoms in total. The number of ether oxygens (including phenoxy) is 1. The number of hydrogen-bond acceptors (Lipinski definition) is 5. The van der Waals surface area contributed by atoms with E-state index in [4.69, 9.17) is 4.74 Å². The molecule has 2 atom stereocenters. The predicted molar refractivity (Wildman–Crippen MR) is 129 cm³/mol. The molecule has 3 aromatic carbocycles. The van der Waals surface area contributed by atoms with Gasteiger partial charge >= 0.3 is 5.97 Å². The highest BCUT2D eigenvalue weighted by atomic mass is 32.2. The van der Waals surface area contributed by atoms with Crippen molar-refractivity contribution in [3.63, 3.8) is 0 Å². The zero-order chi connectivity index (χ0) is 24.3. The van der Waals surface area contributed by atoms with Gasteiger partial charge in [0.15, 0.2) is 6.61 Å². The van der Waals surface area contributed by atoms with E-state index in [9.17, 15) is 18.0 Å². The van der Waals surface area contributed by atoms with E-state index >= 15 is 0 Å². The fraction of sp³-hybridized carbons (Fsp3) is 0.231. The zero-order valence-corrected chi connectivity index (χ0v) is 19.8. The summed E-state index contributed by atoms with van der Waals surface area (Å²) >= 11 is 0. The van der Waals surface area contributed by atoms with Crippen molar-refractivity contribution in [2.75, 3.05) is 10.9 Å². The number of amides is 1. The van der Waals surface area contributed by atoms with Crippen LogP contribution in [0.4, 0.5) is 5.69 Å². The van der Waals surface area contributed by atoms with Gasteiger partial charge in [-0.25, -0.2) is 13.2 Å². The van der Waals surface area contributed by atoms with Crippen LogP contribution < -0.4 is 9.62 Å². The molecule has 176 valence electrons. The highest BCUT2D eigenvalue weighted by molar-refractivity contribution is 7.92. The molecule has 0 saturated carbocycles. The van der Waals surface area contributed by atoms with E-state index in [1.807, 2.05) is 56.3 Å². The average molecular weight is 479 g/mol. The molecule has 0 aliphatic carbocycles. The SMILES string of the molecule is C[C@H](NC(=O)COC(=O)c1cccc(S(=O)(=O)N2c3ccccc3C[C@@H]2C)c1)c1ccccc1. The Labute approximate surface area is 199 Å². The van der Waals surface area contributed by atoms with Crippen LogP contribution in [0.15, 0.2) is 83.8 Å². The Bertz CT molecular complexity index is 1310. The molecule has 0 bridgehead atoms. The number of carbonyl (C=O) groups excluding carboxylic acids is 2. The quantitative estimate of drug-likeness (QED) is 0.521. The molecular formula is C26H26N2O5S. The molecule has 1 amide bonds. The molecule has 1 aliphatic heterocycles. The minimum atomic E-state index is -3.89. The van der Waals surface area contributed by atoms with Crippen LogP contribution in [0.3, 0.4) is 0 Å². The van der Waals surface area contributed by atoms with Crippen LogP contribution in [0, 0.1) is 0 Å². The van der Waals surface area contributed by atoms with Crippen LogP contribution >= 0.6 is 0 Å². The van der Waals surface area contributed by atoms with E-state index in [1.165, 1.54) is 28.6 Å². The smallest absolute Gasteiger partial charge is 0.338 e. The van der Waals surface area contributed by atoms with Gasteiger partial charge in [0.2, 0.25) is 0 Å². The molecule has 1 aliphatic rings. The summed E-state index contributed by atoms with van der Waals surface area (Å²) in [6.45, 7) is 3.22. The third-order valence-electron chi connectivity index (χ3n) is 5.78. The van der Waals surface area contributed by atoms with Crippen LogP contribution in [0.5, 0.6) is 0 Å². The number of nitrogens with zero attached hydrogens (tertiary/aromatic N) is 1. The van der Waals surface area contributed by atoms with Crippen molar-refractivity contribution in [2.45, 2.75) is 37.2 Å². The second-order valence-electron chi connectivity index (χ2n) is 8.29. The molecule has 0 aromatic heterocycles. The van der Waals surface area contributed by atoms with Gasteiger partial charge in [0.1, 0.15) is 0 Å². The van der Waals surface area contributed by atoms with Crippen LogP contribution in [0.25, 0.3) is 0 Å². The first kappa shape index (κ1) is 23.5. The average Bonchev–Trinajstić information content (AvgIpc) is 3.19. The fourth-order valence-electron chi connectivity index (χ4n) is 4.12. The Morgan fingerprint density at radius 3 is 2.50 bits per heavy atom. The summed E-state index contributed by atoms with van der Waals surface area (Å²) in [5, 5.41) is 2.77. The van der Waals surface area contributed by atoms with Gasteiger partial charge in [-0.15, -0.1) is 0 Å². The van der Waals surface area contributed by atoms with E-state index < -0.39 is 28.5 Å². The van der Waals surface area contributed by atoms with Gasteiger partial charge in [-0.05, 0) is 55.7 Å². The molecule has 0 fully saturated rings. The number of nitrogens with one attached hydrogen (secondary N) is 1. The molecule has 34 heavy (non-hydrogen) atoms. The van der Waals surface area contributed by atoms with Crippen molar-refractivity contribution in [2.24, 2.45) is 0 Å². The van der Waals surface area contributed by atoms with Crippen molar-refractivity contribution in [3.05, 3.63) is 95.6 Å². The summed E-state index contributed by atoms with van der Waals surface area (Å²) < 4.78 is 33.4. The highest BCUT2D eigenvalue weighted by Gasteiger charge is 2.36. The first-order chi connectivity index (χ1) is 16.3. The summed E-state index contributed by atoms with van der Waals surface area (Å²) in [4.78, 5) is 24.8. The van der Waals surface area contributed by atoms with Gasteiger partial charge in [-0.1, -0.05) is 54.6 Å². The standard InChI is InChI=1S/C26H26N2O5S/c1-18-15-21-11-6-7-14-24(21)28(18)34(31,32)23-13-8-12-22(16-23)26(30)33-17-25(29)27-19(2)20-9-4-3-5-10-20/h3-14,16,18-19H,15,17H2,1-2H3,(H,27,29)/t18-,19-/m0/s1. The van der Waals surface area contributed by atoms with E-state index in [2.05, 4.69) is 5.32 Å². The van der Waals surface area contributed by atoms with Crippen molar-refractivity contribution < 1.29 is 22.7 Å². The van der Waals surface area contributed by atoms with Crippen LogP contribution in [-0.4, -0.2) is 32.9 Å². The van der Waals surface area contributed by atoms with Gasteiger partial charge in [-0.2, -0.15) is 0 Å². The lowest BCUT2D eigenvalue weighted by Crippen LogP contribution is -2.35. The van der Waals surface area contributed by atoms with Gasteiger partial charge < -0.3 is 10.1 Å². The molecular weight excluding hydrogens is 452 g/mol. The number of esters is 1. The topological polar surface area (TPSA) is 92.8 Å². The molecule has 1 N–H and O–H groups in total. The third-order valence-corrected chi connectivity index (χ3v) is 7.71. The second kappa shape index (κ2) is 9.69. The number of hydrogen-bond donors (Lipinski definition) is 1. The monoisotopic (exact) mass is 478 g/mol. The molecule has 1 heterocycles. The zero-order valence-electron chi connectivity index (χ0n) is 19.0. The maximum atomic E-state index is 13.4. The van der Waals surface area contributed by atoms with E-state index in [0.29, 0.717) is 12.1 Å². The molecule has 8 heteroatoms. The summed E-state index contributed by atoms with van der Waals surface area (Å²) in [5.41, 5.74) is 2.60. The largest absolute Gasteiger partial charge is 0.452 e. The molecule has 3 aromatic rings. The van der Waals surface area contributed by atoms with E-state index in [-0.39, 0.29) is 22.5 Å². The molecule has 0 saturated heterocycles. The minimum absolute atomic E-state index is 0.00680. The molecule has 0 radical (unpaired) electrons. The number of sulfonamides is 1. The number of carbonyl (C=O) groups is 2. The third kappa shape index (κ3) is 4.82. The Balaban J connectivity index is 1.44. The maximum absolute atomic E-state index is 13.4. The summed E-state index contributed by atoms with van der Waals surface area (Å²) in [7, 11) is -3.89. The van der Waals surface area contributed by atoms with Crippen molar-refractivity contribution in [1.29, 1.82) is 0 Å². The highest BCUT2D eigenvalue weighted by Crippen LogP contribution is 2.36. The number of fused-ring (bicyclic) bond motifs is 1. The van der Waals surface area contributed by atoms with Crippen LogP contribution in [-0.2, 0) is 26.0 Å². The first-order valence-corrected chi connectivity index (χ1v) is 12.4. The van der Waals surface area contributed by atoms with Crippen molar-refractivity contribution in [1.82, 2.24) is 5.32 Å². The fourth-order valence-corrected chi connectivity index (χ4v) is 5.86. The normalized spacial score (nSPS) is 15.9. The number of anilines is 1. The molecule has 4 rings (SSSR count). The molecule has 0 spiro atoms. The Hall–Kier alpha value is -3.65. The number of para-hydroxylation sites is 1. The Kier molecular flexibility index (Phi) is 6.70.